The molecule has 1 unspecified atom stereocenters. The number of benzene rings is 1. The summed E-state index contributed by atoms with van der Waals surface area (Å²) in [7, 11) is 0. The Morgan fingerprint density at radius 1 is 1.29 bits per heavy atom. The van der Waals surface area contributed by atoms with Crippen LogP contribution in [0.3, 0.4) is 0 Å². The lowest BCUT2D eigenvalue weighted by molar-refractivity contribution is 0.122. The fourth-order valence-corrected chi connectivity index (χ4v) is 2.17. The highest BCUT2D eigenvalue weighted by atomic mass is 16.5. The van der Waals surface area contributed by atoms with Gasteiger partial charge in [0.2, 0.25) is 0 Å². The summed E-state index contributed by atoms with van der Waals surface area (Å²) in [4.78, 5) is 2.26. The van der Waals surface area contributed by atoms with Gasteiger partial charge >= 0.3 is 0 Å². The first kappa shape index (κ1) is 12.4. The highest BCUT2D eigenvalue weighted by Crippen LogP contribution is 2.28. The fourth-order valence-electron chi connectivity index (χ4n) is 2.17. The van der Waals surface area contributed by atoms with Gasteiger partial charge in [-0.15, -0.1) is 0 Å². The Morgan fingerprint density at radius 3 is 2.71 bits per heavy atom. The topological polar surface area (TPSA) is 58.7 Å². The highest BCUT2D eigenvalue weighted by Gasteiger charge is 2.17. The van der Waals surface area contributed by atoms with E-state index >= 15 is 0 Å². The molecule has 0 saturated carbocycles. The first-order valence-electron chi connectivity index (χ1n) is 6.12. The molecule has 17 heavy (non-hydrogen) atoms. The minimum absolute atomic E-state index is 0.473. The summed E-state index contributed by atoms with van der Waals surface area (Å²) < 4.78 is 5.34. The summed E-state index contributed by atoms with van der Waals surface area (Å²) >= 11 is 0. The molecule has 0 bridgehead atoms. The van der Waals surface area contributed by atoms with Crippen LogP contribution >= 0.6 is 0 Å². The second-order valence-corrected chi connectivity index (χ2v) is 4.25. The Labute approximate surface area is 102 Å². The van der Waals surface area contributed by atoms with Gasteiger partial charge < -0.3 is 20.5 Å². The molecule has 1 aliphatic rings. The molecular weight excluding hydrogens is 216 g/mol. The summed E-state index contributed by atoms with van der Waals surface area (Å²) in [6.07, 6.45) is 0.125. The van der Waals surface area contributed by atoms with Crippen molar-refractivity contribution in [3.05, 3.63) is 29.8 Å². The van der Waals surface area contributed by atoms with Crippen LogP contribution in [-0.4, -0.2) is 38.0 Å². The van der Waals surface area contributed by atoms with Gasteiger partial charge in [-0.2, -0.15) is 0 Å². The molecule has 3 N–H and O–H groups in total. The summed E-state index contributed by atoms with van der Waals surface area (Å²) in [5.74, 6) is 0. The number of hydrogen-bond acceptors (Lipinski definition) is 4. The molecule has 4 heteroatoms. The van der Waals surface area contributed by atoms with Crippen LogP contribution in [0.2, 0.25) is 0 Å². The maximum Gasteiger partial charge on any atom is 0.0822 e. The van der Waals surface area contributed by atoms with Gasteiger partial charge in [-0.3, -0.25) is 0 Å². The van der Waals surface area contributed by atoms with Gasteiger partial charge in [-0.25, -0.2) is 0 Å². The van der Waals surface area contributed by atoms with Crippen molar-refractivity contribution in [3.8, 4) is 0 Å². The van der Waals surface area contributed by atoms with E-state index in [0.29, 0.717) is 13.0 Å². The molecule has 2 rings (SSSR count). The third kappa shape index (κ3) is 2.97. The van der Waals surface area contributed by atoms with Crippen LogP contribution in [0.15, 0.2) is 24.3 Å². The standard InChI is InChI=1S/C13H20N2O2/c14-6-5-13(16)11-3-1-2-4-12(11)15-7-9-17-10-8-15/h1-4,13,16H,5-10,14H2. The number of nitrogens with two attached hydrogens (primary N) is 1. The largest absolute Gasteiger partial charge is 0.388 e. The molecule has 1 aromatic carbocycles. The Bertz CT molecular complexity index is 351. The number of hydrogen-bond donors (Lipinski definition) is 2. The van der Waals surface area contributed by atoms with Crippen molar-refractivity contribution in [2.45, 2.75) is 12.5 Å². The van der Waals surface area contributed by atoms with Gasteiger partial charge in [0, 0.05) is 24.3 Å². The van der Waals surface area contributed by atoms with Gasteiger partial charge in [-0.1, -0.05) is 18.2 Å². The normalized spacial score (nSPS) is 18.1. The van der Waals surface area contributed by atoms with Crippen LogP contribution in [0.4, 0.5) is 5.69 Å². The van der Waals surface area contributed by atoms with Crippen molar-refractivity contribution < 1.29 is 9.84 Å². The van der Waals surface area contributed by atoms with E-state index in [4.69, 9.17) is 10.5 Å². The van der Waals surface area contributed by atoms with Crippen molar-refractivity contribution in [3.63, 3.8) is 0 Å². The zero-order valence-electron chi connectivity index (χ0n) is 10.0. The van der Waals surface area contributed by atoms with Crippen molar-refractivity contribution in [2.75, 3.05) is 37.7 Å². The first-order valence-corrected chi connectivity index (χ1v) is 6.12. The smallest absolute Gasteiger partial charge is 0.0822 e. The van der Waals surface area contributed by atoms with E-state index in [9.17, 15) is 5.11 Å². The van der Waals surface area contributed by atoms with Crippen molar-refractivity contribution >= 4 is 5.69 Å². The van der Waals surface area contributed by atoms with E-state index in [1.165, 1.54) is 0 Å². The fraction of sp³-hybridized carbons (Fsp3) is 0.538. The Balaban J connectivity index is 2.19. The molecule has 1 aromatic rings. The number of rotatable bonds is 4. The lowest BCUT2D eigenvalue weighted by atomic mass is 10.0. The van der Waals surface area contributed by atoms with Crippen LogP contribution in [-0.2, 0) is 4.74 Å². The summed E-state index contributed by atoms with van der Waals surface area (Å²) in [6.45, 7) is 3.76. The number of morpholine rings is 1. The van der Waals surface area contributed by atoms with Gasteiger partial charge in [0.05, 0.1) is 19.3 Å². The average Bonchev–Trinajstić information content (AvgIpc) is 2.40. The predicted molar refractivity (Wildman–Crippen MR) is 68.1 cm³/mol. The second-order valence-electron chi connectivity index (χ2n) is 4.25. The molecule has 94 valence electrons. The lowest BCUT2D eigenvalue weighted by Gasteiger charge is -2.31. The SMILES string of the molecule is NCCC(O)c1ccccc1N1CCOCC1. The monoisotopic (exact) mass is 236 g/mol. The summed E-state index contributed by atoms with van der Waals surface area (Å²) in [5, 5.41) is 10.1. The van der Waals surface area contributed by atoms with Crippen molar-refractivity contribution in [1.29, 1.82) is 0 Å². The van der Waals surface area contributed by atoms with Crippen LogP contribution in [0, 0.1) is 0 Å². The number of ether oxygens (including phenoxy) is 1. The minimum atomic E-state index is -0.473. The van der Waals surface area contributed by atoms with Gasteiger partial charge in [0.25, 0.3) is 0 Å². The molecule has 1 heterocycles. The average molecular weight is 236 g/mol. The molecular formula is C13H20N2O2. The van der Waals surface area contributed by atoms with E-state index < -0.39 is 6.10 Å². The molecule has 1 fully saturated rings. The van der Waals surface area contributed by atoms with Gasteiger partial charge in [-0.05, 0) is 19.0 Å². The second kappa shape index (κ2) is 6.00. The lowest BCUT2D eigenvalue weighted by Crippen LogP contribution is -2.37. The van der Waals surface area contributed by atoms with Crippen LogP contribution in [0.5, 0.6) is 0 Å². The van der Waals surface area contributed by atoms with Gasteiger partial charge in [0.15, 0.2) is 0 Å². The molecule has 1 saturated heterocycles. The number of nitrogens with zero attached hydrogens (tertiary/aromatic N) is 1. The van der Waals surface area contributed by atoms with E-state index in [2.05, 4.69) is 11.0 Å². The Kier molecular flexibility index (Phi) is 4.36. The van der Waals surface area contributed by atoms with E-state index in [-0.39, 0.29) is 0 Å². The molecule has 0 aromatic heterocycles. The highest BCUT2D eigenvalue weighted by molar-refractivity contribution is 5.54. The van der Waals surface area contributed by atoms with Crippen LogP contribution < -0.4 is 10.6 Å². The molecule has 1 aliphatic heterocycles. The molecule has 0 radical (unpaired) electrons. The summed E-state index contributed by atoms with van der Waals surface area (Å²) in [5.41, 5.74) is 7.58. The summed E-state index contributed by atoms with van der Waals surface area (Å²) in [6, 6.07) is 7.99. The Morgan fingerprint density at radius 2 is 2.00 bits per heavy atom. The number of aliphatic hydroxyl groups excluding tert-OH is 1. The van der Waals surface area contributed by atoms with Gasteiger partial charge in [0.1, 0.15) is 0 Å². The molecule has 4 nitrogen and oxygen atoms in total. The van der Waals surface area contributed by atoms with E-state index in [1.54, 1.807) is 0 Å². The first-order chi connectivity index (χ1) is 8.33. The van der Waals surface area contributed by atoms with E-state index in [1.807, 2.05) is 18.2 Å². The number of anilines is 1. The zero-order chi connectivity index (χ0) is 12.1. The van der Waals surface area contributed by atoms with Crippen LogP contribution in [0.25, 0.3) is 0 Å². The maximum absolute atomic E-state index is 10.1. The molecule has 0 amide bonds. The molecule has 1 atom stereocenters. The number of para-hydroxylation sites is 1. The van der Waals surface area contributed by atoms with E-state index in [0.717, 1.165) is 37.6 Å². The zero-order valence-corrected chi connectivity index (χ0v) is 10.0. The number of aliphatic hydroxyl groups is 1. The molecule has 0 spiro atoms. The van der Waals surface area contributed by atoms with Crippen LogP contribution in [0.1, 0.15) is 18.1 Å². The van der Waals surface area contributed by atoms with Crippen molar-refractivity contribution in [1.82, 2.24) is 0 Å². The third-order valence-electron chi connectivity index (χ3n) is 3.09. The minimum Gasteiger partial charge on any atom is -0.388 e. The van der Waals surface area contributed by atoms with Crippen molar-refractivity contribution in [2.24, 2.45) is 5.73 Å². The third-order valence-corrected chi connectivity index (χ3v) is 3.09. The maximum atomic E-state index is 10.1. The Hall–Kier alpha value is -1.10. The predicted octanol–water partition coefficient (Wildman–Crippen LogP) is 0.905. The molecule has 0 aliphatic carbocycles. The quantitative estimate of drug-likeness (QED) is 0.815.